The Kier molecular flexibility index (Phi) is 4.42. The standard InChI is InChI=1S/C17H25N3O/c1-2-18-16-14(9-5-11-19-16)17(21)20-12-6-8-13-7-3-4-10-15(13)20/h5,9,11,13,15H,2-4,6-8,10,12H2,1H3,(H,18,19)/t13-,15-/m1/s1. The average molecular weight is 287 g/mol. The summed E-state index contributed by atoms with van der Waals surface area (Å²) in [5.74, 6) is 1.61. The van der Waals surface area contributed by atoms with Crippen LogP contribution in [0.1, 0.15) is 55.8 Å². The summed E-state index contributed by atoms with van der Waals surface area (Å²) in [5, 5.41) is 3.21. The lowest BCUT2D eigenvalue weighted by Gasteiger charge is -2.44. The molecule has 1 saturated heterocycles. The Morgan fingerprint density at radius 1 is 1.33 bits per heavy atom. The Morgan fingerprint density at radius 2 is 2.14 bits per heavy atom. The number of pyridine rings is 1. The molecular formula is C17H25N3O. The van der Waals surface area contributed by atoms with Crippen molar-refractivity contribution in [2.75, 3.05) is 18.4 Å². The normalized spacial score (nSPS) is 25.3. The highest BCUT2D eigenvalue weighted by Gasteiger charge is 2.36. The van der Waals surface area contributed by atoms with Gasteiger partial charge in [0.25, 0.3) is 5.91 Å². The zero-order valence-electron chi connectivity index (χ0n) is 12.8. The quantitative estimate of drug-likeness (QED) is 0.927. The Morgan fingerprint density at radius 3 is 3.00 bits per heavy atom. The maximum atomic E-state index is 13.0. The fourth-order valence-electron chi connectivity index (χ4n) is 3.92. The molecule has 4 heteroatoms. The molecule has 0 spiro atoms. The van der Waals surface area contributed by atoms with Crippen LogP contribution in [0.25, 0.3) is 0 Å². The molecule has 1 aromatic rings. The Bertz CT molecular complexity index is 501. The first-order chi connectivity index (χ1) is 10.3. The number of fused-ring (bicyclic) bond motifs is 1. The minimum Gasteiger partial charge on any atom is -0.370 e. The van der Waals surface area contributed by atoms with Crippen molar-refractivity contribution >= 4 is 11.7 Å². The number of likely N-dealkylation sites (tertiary alicyclic amines) is 1. The maximum Gasteiger partial charge on any atom is 0.257 e. The van der Waals surface area contributed by atoms with E-state index in [2.05, 4.69) is 15.2 Å². The van der Waals surface area contributed by atoms with Crippen LogP contribution in [0.5, 0.6) is 0 Å². The van der Waals surface area contributed by atoms with E-state index in [0.29, 0.717) is 6.04 Å². The molecule has 1 aliphatic heterocycles. The van der Waals surface area contributed by atoms with Crippen molar-refractivity contribution in [2.24, 2.45) is 5.92 Å². The lowest BCUT2D eigenvalue weighted by molar-refractivity contribution is 0.0391. The maximum absolute atomic E-state index is 13.0. The molecule has 2 heterocycles. The fraction of sp³-hybridized carbons (Fsp3) is 0.647. The van der Waals surface area contributed by atoms with Crippen molar-refractivity contribution in [3.63, 3.8) is 0 Å². The van der Waals surface area contributed by atoms with Gasteiger partial charge in [0.15, 0.2) is 0 Å². The zero-order valence-corrected chi connectivity index (χ0v) is 12.8. The van der Waals surface area contributed by atoms with E-state index < -0.39 is 0 Å². The molecule has 2 fully saturated rings. The molecule has 0 bridgehead atoms. The molecule has 0 unspecified atom stereocenters. The topological polar surface area (TPSA) is 45.2 Å². The van der Waals surface area contributed by atoms with Crippen LogP contribution in [0, 0.1) is 5.92 Å². The molecule has 0 radical (unpaired) electrons. The molecule has 1 aromatic heterocycles. The largest absolute Gasteiger partial charge is 0.370 e. The third kappa shape index (κ3) is 2.89. The SMILES string of the molecule is CCNc1ncccc1C(=O)N1CCC[C@H]2CCCC[C@H]21. The first-order valence-corrected chi connectivity index (χ1v) is 8.31. The van der Waals surface area contributed by atoms with Gasteiger partial charge in [0.1, 0.15) is 5.82 Å². The van der Waals surface area contributed by atoms with Gasteiger partial charge >= 0.3 is 0 Å². The Balaban J connectivity index is 1.83. The number of hydrogen-bond acceptors (Lipinski definition) is 3. The van der Waals surface area contributed by atoms with Gasteiger partial charge in [0, 0.05) is 25.3 Å². The van der Waals surface area contributed by atoms with Gasteiger partial charge in [-0.15, -0.1) is 0 Å². The van der Waals surface area contributed by atoms with Crippen LogP contribution in [0.3, 0.4) is 0 Å². The third-order valence-electron chi connectivity index (χ3n) is 4.89. The van der Waals surface area contributed by atoms with E-state index in [1.54, 1.807) is 6.20 Å². The van der Waals surface area contributed by atoms with Crippen molar-refractivity contribution in [1.82, 2.24) is 9.88 Å². The summed E-state index contributed by atoms with van der Waals surface area (Å²) in [5.41, 5.74) is 0.727. The number of hydrogen-bond donors (Lipinski definition) is 1. The van der Waals surface area contributed by atoms with Gasteiger partial charge < -0.3 is 10.2 Å². The van der Waals surface area contributed by atoms with Crippen molar-refractivity contribution in [3.05, 3.63) is 23.9 Å². The number of carbonyl (C=O) groups is 1. The minimum atomic E-state index is 0.163. The molecule has 1 saturated carbocycles. The fourth-order valence-corrected chi connectivity index (χ4v) is 3.92. The lowest BCUT2D eigenvalue weighted by atomic mass is 9.78. The van der Waals surface area contributed by atoms with Gasteiger partial charge in [0.2, 0.25) is 0 Å². The van der Waals surface area contributed by atoms with Crippen LogP contribution in [-0.4, -0.2) is 34.9 Å². The predicted octanol–water partition coefficient (Wildman–Crippen LogP) is 3.31. The van der Waals surface area contributed by atoms with E-state index in [9.17, 15) is 4.79 Å². The molecular weight excluding hydrogens is 262 g/mol. The van der Waals surface area contributed by atoms with E-state index in [1.165, 1.54) is 32.1 Å². The van der Waals surface area contributed by atoms with Gasteiger partial charge in [0.05, 0.1) is 5.56 Å². The molecule has 4 nitrogen and oxygen atoms in total. The molecule has 0 aromatic carbocycles. The number of nitrogens with one attached hydrogen (secondary N) is 1. The summed E-state index contributed by atoms with van der Waals surface area (Å²) in [6, 6.07) is 4.21. The number of anilines is 1. The number of piperidine rings is 1. The summed E-state index contributed by atoms with van der Waals surface area (Å²) >= 11 is 0. The highest BCUT2D eigenvalue weighted by Crippen LogP contribution is 2.36. The van der Waals surface area contributed by atoms with E-state index in [1.807, 2.05) is 19.1 Å². The van der Waals surface area contributed by atoms with E-state index in [4.69, 9.17) is 0 Å². The average Bonchev–Trinajstić information content (AvgIpc) is 2.54. The summed E-state index contributed by atoms with van der Waals surface area (Å²) < 4.78 is 0. The smallest absolute Gasteiger partial charge is 0.257 e. The van der Waals surface area contributed by atoms with Crippen molar-refractivity contribution in [2.45, 2.75) is 51.5 Å². The van der Waals surface area contributed by atoms with E-state index in [-0.39, 0.29) is 5.91 Å². The summed E-state index contributed by atoms with van der Waals surface area (Å²) in [6.07, 6.45) is 9.24. The van der Waals surface area contributed by atoms with Crippen LogP contribution in [-0.2, 0) is 0 Å². The van der Waals surface area contributed by atoms with Gasteiger partial charge in [-0.25, -0.2) is 4.98 Å². The molecule has 2 aliphatic rings. The molecule has 21 heavy (non-hydrogen) atoms. The van der Waals surface area contributed by atoms with Gasteiger partial charge in [-0.1, -0.05) is 12.8 Å². The number of carbonyl (C=O) groups excluding carboxylic acids is 1. The van der Waals surface area contributed by atoms with Crippen molar-refractivity contribution in [3.8, 4) is 0 Å². The van der Waals surface area contributed by atoms with Crippen LogP contribution in [0.15, 0.2) is 18.3 Å². The van der Waals surface area contributed by atoms with Crippen LogP contribution < -0.4 is 5.32 Å². The molecule has 1 N–H and O–H groups in total. The van der Waals surface area contributed by atoms with E-state index in [0.717, 1.165) is 36.8 Å². The molecule has 3 rings (SSSR count). The third-order valence-corrected chi connectivity index (χ3v) is 4.89. The second kappa shape index (κ2) is 6.46. The highest BCUT2D eigenvalue weighted by molar-refractivity contribution is 5.99. The zero-order chi connectivity index (χ0) is 14.7. The lowest BCUT2D eigenvalue weighted by Crippen LogP contribution is -2.49. The second-order valence-corrected chi connectivity index (χ2v) is 6.18. The molecule has 2 atom stereocenters. The van der Waals surface area contributed by atoms with E-state index >= 15 is 0 Å². The second-order valence-electron chi connectivity index (χ2n) is 6.18. The van der Waals surface area contributed by atoms with Crippen molar-refractivity contribution in [1.29, 1.82) is 0 Å². The molecule has 1 aliphatic carbocycles. The van der Waals surface area contributed by atoms with Gasteiger partial charge in [-0.3, -0.25) is 4.79 Å². The highest BCUT2D eigenvalue weighted by atomic mass is 16.2. The van der Waals surface area contributed by atoms with Crippen LogP contribution >= 0.6 is 0 Å². The van der Waals surface area contributed by atoms with Gasteiger partial charge in [-0.05, 0) is 50.7 Å². The first kappa shape index (κ1) is 14.4. The Labute approximate surface area is 126 Å². The summed E-state index contributed by atoms with van der Waals surface area (Å²) in [4.78, 5) is 19.5. The van der Waals surface area contributed by atoms with Crippen molar-refractivity contribution < 1.29 is 4.79 Å². The van der Waals surface area contributed by atoms with Crippen LogP contribution in [0.4, 0.5) is 5.82 Å². The predicted molar refractivity (Wildman–Crippen MR) is 84.4 cm³/mol. The number of amides is 1. The minimum absolute atomic E-state index is 0.163. The number of aromatic nitrogens is 1. The molecule has 114 valence electrons. The first-order valence-electron chi connectivity index (χ1n) is 8.31. The molecule has 1 amide bonds. The monoisotopic (exact) mass is 287 g/mol. The van der Waals surface area contributed by atoms with Gasteiger partial charge in [-0.2, -0.15) is 0 Å². The Hall–Kier alpha value is -1.58. The summed E-state index contributed by atoms with van der Waals surface area (Å²) in [6.45, 7) is 3.71. The summed E-state index contributed by atoms with van der Waals surface area (Å²) in [7, 11) is 0. The van der Waals surface area contributed by atoms with Crippen LogP contribution in [0.2, 0.25) is 0 Å². The number of rotatable bonds is 3. The number of nitrogens with zero attached hydrogens (tertiary/aromatic N) is 2.